The lowest BCUT2D eigenvalue weighted by Gasteiger charge is -2.28. The summed E-state index contributed by atoms with van der Waals surface area (Å²) in [6.07, 6.45) is 5.08. The molecule has 28 heavy (non-hydrogen) atoms. The Morgan fingerprint density at radius 2 is 1.68 bits per heavy atom. The van der Waals surface area contributed by atoms with Gasteiger partial charge in [0.15, 0.2) is 6.04 Å². The number of nitrogens with zero attached hydrogens (tertiary/aromatic N) is 4. The van der Waals surface area contributed by atoms with Gasteiger partial charge < -0.3 is 9.64 Å². The molecule has 2 aromatic carbocycles. The van der Waals surface area contributed by atoms with Crippen molar-refractivity contribution in [1.82, 2.24) is 20.2 Å². The molecule has 6 heteroatoms. The molecule has 3 aromatic rings. The summed E-state index contributed by atoms with van der Waals surface area (Å²) >= 11 is 0. The predicted octanol–water partition coefficient (Wildman–Crippen LogP) is 2.28. The summed E-state index contributed by atoms with van der Waals surface area (Å²) in [5.74, 6) is 1.81. The topological polar surface area (TPSA) is 57.3 Å². The largest absolute Gasteiger partial charge is 0.496 e. The van der Waals surface area contributed by atoms with Gasteiger partial charge in [-0.1, -0.05) is 42.5 Å². The SMILES string of the molecule is COc1ccccc1[C@@H](c1nnnn1Cc1ccccc1)[NH+]1CCCCCC1. The summed E-state index contributed by atoms with van der Waals surface area (Å²) in [7, 11) is 1.74. The first-order valence-corrected chi connectivity index (χ1v) is 10.1. The summed E-state index contributed by atoms with van der Waals surface area (Å²) in [6, 6.07) is 18.7. The summed E-state index contributed by atoms with van der Waals surface area (Å²) < 4.78 is 7.66. The monoisotopic (exact) mass is 378 g/mol. The van der Waals surface area contributed by atoms with Crippen LogP contribution in [0.15, 0.2) is 54.6 Å². The van der Waals surface area contributed by atoms with Gasteiger partial charge in [-0.3, -0.25) is 0 Å². The maximum Gasteiger partial charge on any atom is 0.214 e. The lowest BCUT2D eigenvalue weighted by atomic mass is 10.0. The number of aromatic nitrogens is 4. The van der Waals surface area contributed by atoms with Crippen LogP contribution in [0.25, 0.3) is 0 Å². The fourth-order valence-corrected chi connectivity index (χ4v) is 4.21. The number of rotatable bonds is 6. The zero-order valence-corrected chi connectivity index (χ0v) is 16.4. The van der Waals surface area contributed by atoms with E-state index >= 15 is 0 Å². The van der Waals surface area contributed by atoms with Gasteiger partial charge in [-0.15, -0.1) is 5.10 Å². The minimum absolute atomic E-state index is 0.0629. The van der Waals surface area contributed by atoms with Gasteiger partial charge in [0.25, 0.3) is 0 Å². The molecule has 146 valence electrons. The molecule has 0 saturated carbocycles. The van der Waals surface area contributed by atoms with Gasteiger partial charge in [0.2, 0.25) is 5.82 Å². The zero-order chi connectivity index (χ0) is 19.2. The van der Waals surface area contributed by atoms with E-state index in [1.807, 2.05) is 22.9 Å². The Bertz CT molecular complexity index is 871. The summed E-state index contributed by atoms with van der Waals surface area (Å²) in [5, 5.41) is 12.9. The highest BCUT2D eigenvalue weighted by Gasteiger charge is 2.34. The Labute approximate surface area is 166 Å². The van der Waals surface area contributed by atoms with E-state index in [0.29, 0.717) is 6.54 Å². The van der Waals surface area contributed by atoms with Crippen molar-refractivity contribution in [3.63, 3.8) is 0 Å². The number of hydrogen-bond donors (Lipinski definition) is 1. The van der Waals surface area contributed by atoms with Gasteiger partial charge in [0, 0.05) is 0 Å². The van der Waals surface area contributed by atoms with E-state index in [1.165, 1.54) is 36.1 Å². The van der Waals surface area contributed by atoms with Crippen molar-refractivity contribution >= 4 is 0 Å². The van der Waals surface area contributed by atoms with Crippen LogP contribution in [-0.4, -0.2) is 40.4 Å². The van der Waals surface area contributed by atoms with Gasteiger partial charge in [-0.25, -0.2) is 4.68 Å². The van der Waals surface area contributed by atoms with Crippen molar-refractivity contribution < 1.29 is 9.64 Å². The molecule has 1 aromatic heterocycles. The van der Waals surface area contributed by atoms with E-state index < -0.39 is 0 Å². The third kappa shape index (κ3) is 4.07. The van der Waals surface area contributed by atoms with E-state index in [2.05, 4.69) is 51.9 Å². The maximum absolute atomic E-state index is 5.71. The molecule has 0 amide bonds. The number of ether oxygens (including phenoxy) is 1. The molecule has 4 rings (SSSR count). The Morgan fingerprint density at radius 1 is 0.964 bits per heavy atom. The second-order valence-corrected chi connectivity index (χ2v) is 7.43. The number of hydrogen-bond acceptors (Lipinski definition) is 4. The van der Waals surface area contributed by atoms with Gasteiger partial charge >= 0.3 is 0 Å². The number of likely N-dealkylation sites (tertiary alicyclic amines) is 1. The smallest absolute Gasteiger partial charge is 0.214 e. The molecule has 1 fully saturated rings. The average molecular weight is 379 g/mol. The molecule has 1 N–H and O–H groups in total. The molecule has 0 spiro atoms. The number of para-hydroxylation sites is 1. The lowest BCUT2D eigenvalue weighted by molar-refractivity contribution is -0.925. The summed E-state index contributed by atoms with van der Waals surface area (Å²) in [6.45, 7) is 2.92. The molecule has 0 aliphatic carbocycles. The third-order valence-corrected chi connectivity index (χ3v) is 5.60. The van der Waals surface area contributed by atoms with Crippen LogP contribution in [0.2, 0.25) is 0 Å². The first-order valence-electron chi connectivity index (χ1n) is 10.1. The number of tetrazole rings is 1. The first-order chi connectivity index (χ1) is 13.9. The van der Waals surface area contributed by atoms with Gasteiger partial charge in [-0.2, -0.15) is 0 Å². The maximum atomic E-state index is 5.71. The van der Waals surface area contributed by atoms with Crippen LogP contribution in [0.5, 0.6) is 5.75 Å². The van der Waals surface area contributed by atoms with Crippen molar-refractivity contribution in [3.05, 3.63) is 71.5 Å². The summed E-state index contributed by atoms with van der Waals surface area (Å²) in [5.41, 5.74) is 2.35. The molecule has 0 bridgehead atoms. The van der Waals surface area contributed by atoms with Crippen molar-refractivity contribution in [3.8, 4) is 5.75 Å². The normalized spacial score (nSPS) is 16.5. The number of quaternary nitrogens is 1. The van der Waals surface area contributed by atoms with Crippen LogP contribution in [0.3, 0.4) is 0 Å². The second-order valence-electron chi connectivity index (χ2n) is 7.43. The van der Waals surface area contributed by atoms with Crippen LogP contribution < -0.4 is 9.64 Å². The molecule has 0 radical (unpaired) electrons. The van der Waals surface area contributed by atoms with Crippen molar-refractivity contribution in [2.24, 2.45) is 0 Å². The van der Waals surface area contributed by atoms with Crippen molar-refractivity contribution in [1.29, 1.82) is 0 Å². The minimum Gasteiger partial charge on any atom is -0.496 e. The Kier molecular flexibility index (Phi) is 5.97. The molecular weight excluding hydrogens is 350 g/mol. The number of benzene rings is 2. The fraction of sp³-hybridized carbons (Fsp3) is 0.409. The minimum atomic E-state index is 0.0629. The molecule has 1 atom stereocenters. The molecular formula is C22H28N5O+. The molecule has 1 aliphatic heterocycles. The highest BCUT2D eigenvalue weighted by atomic mass is 16.5. The van der Waals surface area contributed by atoms with Gasteiger partial charge in [-0.05, 0) is 53.8 Å². The van der Waals surface area contributed by atoms with E-state index in [0.717, 1.165) is 30.2 Å². The molecule has 1 saturated heterocycles. The predicted molar refractivity (Wildman–Crippen MR) is 107 cm³/mol. The third-order valence-electron chi connectivity index (χ3n) is 5.60. The highest BCUT2D eigenvalue weighted by molar-refractivity contribution is 5.37. The second kappa shape index (κ2) is 8.97. The zero-order valence-electron chi connectivity index (χ0n) is 16.4. The van der Waals surface area contributed by atoms with Crippen LogP contribution in [0.1, 0.15) is 48.7 Å². The van der Waals surface area contributed by atoms with Crippen molar-refractivity contribution in [2.45, 2.75) is 38.3 Å². The average Bonchev–Trinajstić information content (AvgIpc) is 3.01. The summed E-state index contributed by atoms with van der Waals surface area (Å²) in [4.78, 5) is 1.52. The highest BCUT2D eigenvalue weighted by Crippen LogP contribution is 2.27. The first kappa shape index (κ1) is 18.6. The van der Waals surface area contributed by atoms with Crippen LogP contribution in [0.4, 0.5) is 0 Å². The quantitative estimate of drug-likeness (QED) is 0.715. The standard InChI is InChI=1S/C22H27N5O/c1-28-20-14-8-7-13-19(20)21(26-15-9-2-3-10-16-26)22-23-24-25-27(22)17-18-11-5-4-6-12-18/h4-8,11-14,21H,2-3,9-10,15-17H2,1H3/p+1/t21-/m0/s1. The number of nitrogens with one attached hydrogen (secondary N) is 1. The number of methoxy groups -OCH3 is 1. The Balaban J connectivity index is 1.75. The Hall–Kier alpha value is -2.73. The van der Waals surface area contributed by atoms with Crippen LogP contribution in [0, 0.1) is 0 Å². The van der Waals surface area contributed by atoms with Gasteiger partial charge in [0.1, 0.15) is 5.75 Å². The van der Waals surface area contributed by atoms with Crippen LogP contribution >= 0.6 is 0 Å². The fourth-order valence-electron chi connectivity index (χ4n) is 4.21. The van der Waals surface area contributed by atoms with E-state index in [-0.39, 0.29) is 6.04 Å². The molecule has 2 heterocycles. The van der Waals surface area contributed by atoms with E-state index in [1.54, 1.807) is 7.11 Å². The molecule has 1 aliphatic rings. The molecule has 6 nitrogen and oxygen atoms in total. The molecule has 0 unspecified atom stereocenters. The van der Waals surface area contributed by atoms with E-state index in [9.17, 15) is 0 Å². The lowest BCUT2D eigenvalue weighted by Crippen LogP contribution is -3.12. The Morgan fingerprint density at radius 3 is 2.43 bits per heavy atom. The van der Waals surface area contributed by atoms with Crippen molar-refractivity contribution in [2.75, 3.05) is 20.2 Å². The van der Waals surface area contributed by atoms with Crippen LogP contribution in [-0.2, 0) is 6.54 Å². The van der Waals surface area contributed by atoms with Gasteiger partial charge in [0.05, 0.1) is 32.3 Å². The van der Waals surface area contributed by atoms with E-state index in [4.69, 9.17) is 4.74 Å².